The third-order valence-electron chi connectivity index (χ3n) is 2.57. The minimum absolute atomic E-state index is 0.0848. The average Bonchev–Trinajstić information content (AvgIpc) is 2.45. The number of halogens is 4. The number of benzene rings is 1. The van der Waals surface area contributed by atoms with Gasteiger partial charge in [-0.15, -0.1) is 0 Å². The van der Waals surface area contributed by atoms with Gasteiger partial charge in [0.25, 0.3) is 0 Å². The van der Waals surface area contributed by atoms with Gasteiger partial charge in [0.15, 0.2) is 11.0 Å². The SMILES string of the molecule is COC(=O)c1cnc(Cl)c(F)c1Nc1ccc(Br)cc1Cl. The van der Waals surface area contributed by atoms with Gasteiger partial charge in [-0.3, -0.25) is 0 Å². The fraction of sp³-hybridized carbons (Fsp3) is 0.0769. The molecule has 0 radical (unpaired) electrons. The van der Waals surface area contributed by atoms with Gasteiger partial charge in [0.2, 0.25) is 0 Å². The Morgan fingerprint density at radius 2 is 2.14 bits per heavy atom. The summed E-state index contributed by atoms with van der Waals surface area (Å²) in [6.45, 7) is 0. The molecule has 1 N–H and O–H groups in total. The Morgan fingerprint density at radius 3 is 2.76 bits per heavy atom. The standard InChI is InChI=1S/C13H8BrCl2FN2O2/c1-21-13(20)7-5-18-12(16)10(17)11(7)19-9-3-2-6(14)4-8(9)15/h2-5H,1H3,(H,18,19). The molecule has 0 unspecified atom stereocenters. The fourth-order valence-corrected chi connectivity index (χ4v) is 2.44. The Kier molecular flexibility index (Phi) is 5.03. The molecule has 0 spiro atoms. The van der Waals surface area contributed by atoms with E-state index in [2.05, 4.69) is 31.0 Å². The number of hydrogen-bond donors (Lipinski definition) is 1. The highest BCUT2D eigenvalue weighted by atomic mass is 79.9. The molecule has 8 heteroatoms. The summed E-state index contributed by atoms with van der Waals surface area (Å²) in [5.74, 6) is -1.60. The first kappa shape index (κ1) is 16.0. The molecule has 1 heterocycles. The summed E-state index contributed by atoms with van der Waals surface area (Å²) in [5, 5.41) is 2.72. The van der Waals surface area contributed by atoms with E-state index in [0.717, 1.165) is 10.7 Å². The number of carbonyl (C=O) groups is 1. The van der Waals surface area contributed by atoms with Crippen LogP contribution < -0.4 is 5.32 Å². The number of pyridine rings is 1. The maximum atomic E-state index is 14.1. The second-order valence-corrected chi connectivity index (χ2v) is 5.57. The lowest BCUT2D eigenvalue weighted by atomic mass is 10.2. The van der Waals surface area contributed by atoms with Crippen LogP contribution in [0.5, 0.6) is 0 Å². The highest BCUT2D eigenvalue weighted by Gasteiger charge is 2.20. The summed E-state index contributed by atoms with van der Waals surface area (Å²) in [4.78, 5) is 15.3. The van der Waals surface area contributed by atoms with Gasteiger partial charge in [-0.2, -0.15) is 0 Å². The Balaban J connectivity index is 2.51. The van der Waals surface area contributed by atoms with E-state index >= 15 is 0 Å². The molecule has 0 aliphatic heterocycles. The molecule has 4 nitrogen and oxygen atoms in total. The van der Waals surface area contributed by atoms with Crippen molar-refractivity contribution < 1.29 is 13.9 Å². The Labute approximate surface area is 138 Å². The zero-order valence-electron chi connectivity index (χ0n) is 10.6. The first-order valence-corrected chi connectivity index (χ1v) is 7.13. The Bertz CT molecular complexity index is 713. The Morgan fingerprint density at radius 1 is 1.43 bits per heavy atom. The minimum atomic E-state index is -0.862. The molecule has 0 bridgehead atoms. The maximum Gasteiger partial charge on any atom is 0.341 e. The van der Waals surface area contributed by atoms with Crippen LogP contribution in [0.15, 0.2) is 28.9 Å². The van der Waals surface area contributed by atoms with Gasteiger partial charge in [0.05, 0.1) is 23.5 Å². The van der Waals surface area contributed by atoms with E-state index < -0.39 is 11.8 Å². The lowest BCUT2D eigenvalue weighted by Gasteiger charge is -2.13. The molecule has 1 aromatic carbocycles. The number of rotatable bonds is 3. The summed E-state index contributed by atoms with van der Waals surface area (Å²) in [5.41, 5.74) is 0.177. The van der Waals surface area contributed by atoms with Crippen LogP contribution >= 0.6 is 39.1 Å². The van der Waals surface area contributed by atoms with Crippen molar-refractivity contribution in [2.75, 3.05) is 12.4 Å². The highest BCUT2D eigenvalue weighted by molar-refractivity contribution is 9.10. The van der Waals surface area contributed by atoms with Gasteiger partial charge in [-0.1, -0.05) is 39.1 Å². The van der Waals surface area contributed by atoms with Crippen LogP contribution in [0.2, 0.25) is 10.2 Å². The van der Waals surface area contributed by atoms with E-state index in [0.29, 0.717) is 10.7 Å². The van der Waals surface area contributed by atoms with Gasteiger partial charge in [0, 0.05) is 10.7 Å². The smallest absolute Gasteiger partial charge is 0.341 e. The first-order chi connectivity index (χ1) is 9.93. The van der Waals surface area contributed by atoms with Gasteiger partial charge in [-0.05, 0) is 18.2 Å². The zero-order chi connectivity index (χ0) is 15.6. The molecule has 1 aromatic heterocycles. The van der Waals surface area contributed by atoms with Gasteiger partial charge in [-0.25, -0.2) is 14.2 Å². The number of hydrogen-bond acceptors (Lipinski definition) is 4. The van der Waals surface area contributed by atoms with Crippen molar-refractivity contribution in [1.29, 1.82) is 0 Å². The summed E-state index contributed by atoms with van der Waals surface area (Å²) in [7, 11) is 1.19. The number of carbonyl (C=O) groups excluding carboxylic acids is 1. The number of anilines is 2. The van der Waals surface area contributed by atoms with Crippen LogP contribution in [0, 0.1) is 5.82 Å². The van der Waals surface area contributed by atoms with E-state index in [1.807, 2.05) is 0 Å². The largest absolute Gasteiger partial charge is 0.465 e. The molecule has 0 fully saturated rings. The van der Waals surface area contributed by atoms with Crippen molar-refractivity contribution in [3.8, 4) is 0 Å². The van der Waals surface area contributed by atoms with Crippen LogP contribution in [0.3, 0.4) is 0 Å². The van der Waals surface area contributed by atoms with Crippen molar-refractivity contribution in [3.05, 3.63) is 50.4 Å². The summed E-state index contributed by atoms with van der Waals surface area (Å²) >= 11 is 15.0. The van der Waals surface area contributed by atoms with Crippen LogP contribution in [0.1, 0.15) is 10.4 Å². The molecule has 0 amide bonds. The van der Waals surface area contributed by atoms with Gasteiger partial charge >= 0.3 is 5.97 Å². The molecular formula is C13H8BrCl2FN2O2. The molecule has 0 aliphatic rings. The number of methoxy groups -OCH3 is 1. The predicted octanol–water partition coefficient (Wildman–Crippen LogP) is 4.82. The number of nitrogens with zero attached hydrogens (tertiary/aromatic N) is 1. The molecule has 0 atom stereocenters. The number of nitrogens with one attached hydrogen (secondary N) is 1. The van der Waals surface area contributed by atoms with Crippen molar-refractivity contribution in [2.45, 2.75) is 0 Å². The zero-order valence-corrected chi connectivity index (χ0v) is 13.7. The summed E-state index contributed by atoms with van der Waals surface area (Å²) < 4.78 is 19.5. The van der Waals surface area contributed by atoms with Crippen LogP contribution in [-0.2, 0) is 4.74 Å². The van der Waals surface area contributed by atoms with E-state index in [9.17, 15) is 9.18 Å². The van der Waals surface area contributed by atoms with Crippen LogP contribution in [0.25, 0.3) is 0 Å². The van der Waals surface area contributed by atoms with Crippen molar-refractivity contribution >= 4 is 56.5 Å². The van der Waals surface area contributed by atoms with E-state index in [1.54, 1.807) is 18.2 Å². The van der Waals surface area contributed by atoms with E-state index in [-0.39, 0.29) is 16.4 Å². The molecular weight excluding hydrogens is 386 g/mol. The molecule has 2 rings (SSSR count). The Hall–Kier alpha value is -1.37. The maximum absolute atomic E-state index is 14.1. The normalized spacial score (nSPS) is 10.3. The average molecular weight is 394 g/mol. The second-order valence-electron chi connectivity index (χ2n) is 3.89. The highest BCUT2D eigenvalue weighted by Crippen LogP contribution is 2.32. The molecule has 0 saturated carbocycles. The lowest BCUT2D eigenvalue weighted by Crippen LogP contribution is -2.09. The quantitative estimate of drug-likeness (QED) is 0.599. The minimum Gasteiger partial charge on any atom is -0.465 e. The molecule has 0 aliphatic carbocycles. The topological polar surface area (TPSA) is 51.2 Å². The third kappa shape index (κ3) is 3.45. The van der Waals surface area contributed by atoms with Crippen LogP contribution in [-0.4, -0.2) is 18.1 Å². The molecule has 2 aromatic rings. The van der Waals surface area contributed by atoms with E-state index in [1.165, 1.54) is 7.11 Å². The van der Waals surface area contributed by atoms with Gasteiger partial charge in [0.1, 0.15) is 5.56 Å². The molecule has 0 saturated heterocycles. The summed E-state index contributed by atoms with van der Waals surface area (Å²) in [6.07, 6.45) is 1.13. The van der Waals surface area contributed by atoms with Crippen molar-refractivity contribution in [1.82, 2.24) is 4.98 Å². The van der Waals surface area contributed by atoms with Gasteiger partial charge < -0.3 is 10.1 Å². The predicted molar refractivity (Wildman–Crippen MR) is 83.0 cm³/mol. The van der Waals surface area contributed by atoms with Crippen molar-refractivity contribution in [2.24, 2.45) is 0 Å². The molecule has 21 heavy (non-hydrogen) atoms. The lowest BCUT2D eigenvalue weighted by molar-refractivity contribution is 0.0601. The second kappa shape index (κ2) is 6.60. The monoisotopic (exact) mass is 392 g/mol. The number of esters is 1. The first-order valence-electron chi connectivity index (χ1n) is 5.58. The fourth-order valence-electron chi connectivity index (χ4n) is 1.58. The summed E-state index contributed by atoms with van der Waals surface area (Å²) in [6, 6.07) is 4.97. The number of aromatic nitrogens is 1. The molecule has 110 valence electrons. The van der Waals surface area contributed by atoms with Crippen LogP contribution in [0.4, 0.5) is 15.8 Å². The third-order valence-corrected chi connectivity index (χ3v) is 3.64. The van der Waals surface area contributed by atoms with E-state index in [4.69, 9.17) is 23.2 Å². The van der Waals surface area contributed by atoms with Crippen molar-refractivity contribution in [3.63, 3.8) is 0 Å². The number of ether oxygens (including phenoxy) is 1.